The zero-order chi connectivity index (χ0) is 42.6. The first-order valence-electron chi connectivity index (χ1n) is 16.5. The number of carbonyl (C=O) groups is 5. The van der Waals surface area contributed by atoms with E-state index in [1.54, 1.807) is 39.8 Å². The highest BCUT2D eigenvalue weighted by Gasteiger charge is 2.34. The zero-order valence-electron chi connectivity index (χ0n) is 32.2. The summed E-state index contributed by atoms with van der Waals surface area (Å²) in [6, 6.07) is 10.6. The molecule has 1 atom stereocenters. The van der Waals surface area contributed by atoms with Gasteiger partial charge in [-0.25, -0.2) is 30.2 Å². The van der Waals surface area contributed by atoms with E-state index >= 15 is 0 Å². The fourth-order valence-corrected chi connectivity index (χ4v) is 6.64. The van der Waals surface area contributed by atoms with Gasteiger partial charge in [-0.2, -0.15) is 9.59 Å². The number of esters is 1. The van der Waals surface area contributed by atoms with E-state index in [1.807, 2.05) is 13.8 Å². The molecule has 0 spiro atoms. The Kier molecular flexibility index (Phi) is 25.0. The number of carbonyl (C=O) groups excluding carboxylic acids is 7. The van der Waals surface area contributed by atoms with E-state index in [-0.39, 0.29) is 58.7 Å². The highest BCUT2D eigenvalue weighted by molar-refractivity contribution is 9.08. The molecular formula is C36H50BrClN2O12S2. The lowest BCUT2D eigenvalue weighted by atomic mass is 9.86. The van der Waals surface area contributed by atoms with Crippen molar-refractivity contribution in [2.75, 3.05) is 34.8 Å². The van der Waals surface area contributed by atoms with Crippen molar-refractivity contribution >= 4 is 82.8 Å². The number of hydrogen-bond donors (Lipinski definition) is 0. The number of ether oxygens (including phenoxy) is 1. The second-order valence-corrected chi connectivity index (χ2v) is 17.5. The summed E-state index contributed by atoms with van der Waals surface area (Å²) in [4.78, 5) is 74.6. The molecule has 0 radical (unpaired) electrons. The molecule has 0 heterocycles. The second-order valence-electron chi connectivity index (χ2n) is 12.3. The molecule has 0 bridgehead atoms. The number of Topliss-reactive ketones (excluding diaryl/α,β-unsaturated/α-hetero) is 4. The van der Waals surface area contributed by atoms with Crippen LogP contribution in [0.25, 0.3) is 0 Å². The van der Waals surface area contributed by atoms with Crippen LogP contribution in [0.4, 0.5) is 0 Å². The number of alkyl halides is 1. The van der Waals surface area contributed by atoms with Gasteiger partial charge in [0.15, 0.2) is 0 Å². The van der Waals surface area contributed by atoms with Gasteiger partial charge in [-0.1, -0.05) is 80.3 Å². The Morgan fingerprint density at radius 3 is 1.63 bits per heavy atom. The summed E-state index contributed by atoms with van der Waals surface area (Å²) in [6.07, 6.45) is 0.851. The number of sulfonamides is 2. The Bertz CT molecular complexity index is 1820. The second kappa shape index (κ2) is 25.6. The first-order chi connectivity index (χ1) is 24.9. The number of benzene rings is 2. The van der Waals surface area contributed by atoms with Gasteiger partial charge in [-0.3, -0.25) is 19.2 Å². The Morgan fingerprint density at radius 1 is 0.796 bits per heavy atom. The van der Waals surface area contributed by atoms with Crippen LogP contribution in [0.5, 0.6) is 0 Å². The van der Waals surface area contributed by atoms with E-state index < -0.39 is 43.6 Å². The first-order valence-corrected chi connectivity index (χ1v) is 20.9. The molecule has 54 heavy (non-hydrogen) atoms. The fourth-order valence-electron chi connectivity index (χ4n) is 3.84. The number of rotatable bonds is 16. The van der Waals surface area contributed by atoms with Gasteiger partial charge in [0, 0.05) is 56.8 Å². The van der Waals surface area contributed by atoms with Crippen molar-refractivity contribution in [1.82, 2.24) is 8.61 Å². The van der Waals surface area contributed by atoms with Crippen LogP contribution in [-0.2, 0) is 70.1 Å². The predicted octanol–water partition coefficient (Wildman–Crippen LogP) is 4.94. The molecule has 0 aliphatic carbocycles. The van der Waals surface area contributed by atoms with E-state index in [9.17, 15) is 40.8 Å². The van der Waals surface area contributed by atoms with Gasteiger partial charge in [0.1, 0.15) is 17.3 Å². The molecule has 0 aliphatic rings. The van der Waals surface area contributed by atoms with Gasteiger partial charge in [0.2, 0.25) is 20.0 Å². The molecule has 2 aromatic rings. The molecule has 0 fully saturated rings. The van der Waals surface area contributed by atoms with Crippen molar-refractivity contribution in [2.45, 2.75) is 75.9 Å². The first kappa shape index (κ1) is 52.7. The minimum absolute atomic E-state index is 0.00417. The molecule has 18 heteroatoms. The molecule has 0 aromatic heterocycles. The third-order valence-corrected chi connectivity index (χ3v) is 11.8. The van der Waals surface area contributed by atoms with Gasteiger partial charge < -0.3 is 4.74 Å². The lowest BCUT2D eigenvalue weighted by molar-refractivity contribution is -0.191. The summed E-state index contributed by atoms with van der Waals surface area (Å²) in [7, 11) is -1.12. The molecule has 1 unspecified atom stereocenters. The van der Waals surface area contributed by atoms with Crippen molar-refractivity contribution in [1.29, 1.82) is 0 Å². The van der Waals surface area contributed by atoms with Crippen LogP contribution in [0.15, 0.2) is 52.3 Å². The average molecular weight is 882 g/mol. The van der Waals surface area contributed by atoms with E-state index in [0.717, 1.165) is 14.2 Å². The Morgan fingerprint density at radius 2 is 1.26 bits per heavy atom. The van der Waals surface area contributed by atoms with Crippen molar-refractivity contribution in [3.05, 3.63) is 58.6 Å². The van der Waals surface area contributed by atoms with Crippen molar-refractivity contribution < 1.29 is 55.1 Å². The van der Waals surface area contributed by atoms with Gasteiger partial charge in [-0.05, 0) is 48.7 Å². The Hall–Kier alpha value is -3.44. The Labute approximate surface area is 332 Å². The maximum Gasteiger partial charge on any atom is 0.375 e. The molecule has 0 saturated heterocycles. The SMILES string of the molecule is CCC(=O)CC(=O)C(C)C.CCOC(=O)C(=O)C(Cc1ccc(S(=O)(=O)N(C)C)cc1)C(=O)C(C)C.CN(C)S(=O)(=O)c1ccc(CBr)c(Cl)c1.O=C=O. The smallest absolute Gasteiger partial charge is 0.375 e. The summed E-state index contributed by atoms with van der Waals surface area (Å²) in [6.45, 7) is 10.3. The lowest BCUT2D eigenvalue weighted by Crippen LogP contribution is -2.35. The van der Waals surface area contributed by atoms with Crippen LogP contribution in [0.1, 0.15) is 65.5 Å². The number of nitrogens with zero attached hydrogens (tertiary/aromatic N) is 2. The number of ketones is 4. The predicted molar refractivity (Wildman–Crippen MR) is 206 cm³/mol. The standard InChI is InChI=1S/C18H25NO6S.C9H11BrClNO2S.C8H14O2.CO2/c1-6-25-18(22)17(21)15(16(20)12(2)3)11-13-7-9-14(10-8-13)26(23,24)19(4)5;1-12(2)15(13,14)8-4-3-7(6-10)9(11)5-8;1-4-7(9)5-8(10)6(2)3;2-1-3/h7-10,12,15H,6,11H2,1-5H3;3-5H,6H2,1-2H3;6H,4-5H2,1-3H3;. The highest BCUT2D eigenvalue weighted by Crippen LogP contribution is 2.24. The lowest BCUT2D eigenvalue weighted by Gasteiger charge is -2.17. The van der Waals surface area contributed by atoms with E-state index in [4.69, 9.17) is 25.9 Å². The fraction of sp³-hybridized carbons (Fsp3) is 0.500. The summed E-state index contributed by atoms with van der Waals surface area (Å²) >= 11 is 9.20. The minimum atomic E-state index is -3.56. The van der Waals surface area contributed by atoms with E-state index in [1.165, 1.54) is 58.5 Å². The summed E-state index contributed by atoms with van der Waals surface area (Å²) in [5.74, 6) is -3.75. The maximum absolute atomic E-state index is 12.4. The largest absolute Gasteiger partial charge is 0.460 e. The maximum atomic E-state index is 12.4. The van der Waals surface area contributed by atoms with Crippen molar-refractivity contribution in [3.8, 4) is 0 Å². The number of halogens is 2. The quantitative estimate of drug-likeness (QED) is 0.0953. The van der Waals surface area contributed by atoms with Gasteiger partial charge in [-0.15, -0.1) is 0 Å². The molecule has 2 aromatic carbocycles. The minimum Gasteiger partial charge on any atom is -0.460 e. The third-order valence-electron chi connectivity index (χ3n) is 7.20. The Balaban J connectivity index is 0. The molecule has 0 amide bonds. The molecule has 0 saturated carbocycles. The molecular weight excluding hydrogens is 832 g/mol. The summed E-state index contributed by atoms with van der Waals surface area (Å²) in [5.41, 5.74) is 1.45. The topological polar surface area (TPSA) is 203 Å². The molecule has 0 aliphatic heterocycles. The van der Waals surface area contributed by atoms with Crippen molar-refractivity contribution in [2.24, 2.45) is 17.8 Å². The average Bonchev–Trinajstić information content (AvgIpc) is 3.10. The van der Waals surface area contributed by atoms with Crippen LogP contribution in [-0.4, -0.2) is 95.5 Å². The third kappa shape index (κ3) is 17.8. The van der Waals surface area contributed by atoms with Crippen LogP contribution >= 0.6 is 27.5 Å². The zero-order valence-corrected chi connectivity index (χ0v) is 36.1. The highest BCUT2D eigenvalue weighted by atomic mass is 79.9. The van der Waals surface area contributed by atoms with Crippen LogP contribution in [0, 0.1) is 17.8 Å². The molecule has 0 N–H and O–H groups in total. The van der Waals surface area contributed by atoms with Gasteiger partial charge in [0.05, 0.1) is 28.7 Å². The van der Waals surface area contributed by atoms with Crippen molar-refractivity contribution in [3.63, 3.8) is 0 Å². The number of hydrogen-bond acceptors (Lipinski definition) is 12. The van der Waals surface area contributed by atoms with Gasteiger partial charge >= 0.3 is 12.1 Å². The molecule has 14 nitrogen and oxygen atoms in total. The van der Waals surface area contributed by atoms with Gasteiger partial charge in [0.25, 0.3) is 5.78 Å². The van der Waals surface area contributed by atoms with Crippen LogP contribution < -0.4 is 0 Å². The molecule has 2 rings (SSSR count). The summed E-state index contributed by atoms with van der Waals surface area (Å²) in [5, 5.41) is 1.06. The summed E-state index contributed by atoms with van der Waals surface area (Å²) < 4.78 is 54.6. The molecule has 302 valence electrons. The van der Waals surface area contributed by atoms with Crippen LogP contribution in [0.2, 0.25) is 5.02 Å². The van der Waals surface area contributed by atoms with E-state index in [2.05, 4.69) is 15.9 Å². The normalized spacial score (nSPS) is 11.6. The van der Waals surface area contributed by atoms with E-state index in [0.29, 0.717) is 22.3 Å². The monoisotopic (exact) mass is 880 g/mol. The van der Waals surface area contributed by atoms with Crippen LogP contribution in [0.3, 0.4) is 0 Å².